The minimum Gasteiger partial charge on any atom is -0.481 e. The van der Waals surface area contributed by atoms with E-state index >= 15 is 0 Å². The van der Waals surface area contributed by atoms with Crippen LogP contribution in [-0.4, -0.2) is 40.0 Å². The Bertz CT molecular complexity index is 680. The molecule has 1 aliphatic heterocycles. The minimum atomic E-state index is -0.795. The standard InChI is InChI=1S/C17H20N2O3S/c20-16(19-10-9-12(11-19)17(21)22)8-4-3-7-15-18-13-5-1-2-6-14(13)23-15/h1-2,5-6,12H,3-4,7-11H2,(H,21,22). The summed E-state index contributed by atoms with van der Waals surface area (Å²) >= 11 is 1.71. The Balaban J connectivity index is 1.41. The van der Waals surface area contributed by atoms with E-state index in [4.69, 9.17) is 5.11 Å². The van der Waals surface area contributed by atoms with E-state index in [0.717, 1.165) is 29.8 Å². The molecule has 1 amide bonds. The Kier molecular flexibility index (Phi) is 4.91. The van der Waals surface area contributed by atoms with E-state index in [9.17, 15) is 9.59 Å². The maximum absolute atomic E-state index is 12.1. The van der Waals surface area contributed by atoms with Gasteiger partial charge in [-0.3, -0.25) is 9.59 Å². The van der Waals surface area contributed by atoms with Gasteiger partial charge in [-0.2, -0.15) is 0 Å². The summed E-state index contributed by atoms with van der Waals surface area (Å²) in [4.78, 5) is 29.3. The highest BCUT2D eigenvalue weighted by Crippen LogP contribution is 2.23. The number of carboxylic acids is 1. The number of carbonyl (C=O) groups is 2. The molecule has 3 rings (SSSR count). The molecule has 1 saturated heterocycles. The molecule has 6 heteroatoms. The van der Waals surface area contributed by atoms with E-state index in [0.29, 0.717) is 25.9 Å². The molecular formula is C17H20N2O3S. The summed E-state index contributed by atoms with van der Waals surface area (Å²) in [5, 5.41) is 10.1. The van der Waals surface area contributed by atoms with E-state index in [-0.39, 0.29) is 11.8 Å². The number of para-hydroxylation sites is 1. The van der Waals surface area contributed by atoms with E-state index in [2.05, 4.69) is 11.1 Å². The molecule has 1 aliphatic rings. The molecule has 1 fully saturated rings. The molecule has 122 valence electrons. The fraction of sp³-hybridized carbons (Fsp3) is 0.471. The highest BCUT2D eigenvalue weighted by atomic mass is 32.1. The summed E-state index contributed by atoms with van der Waals surface area (Å²) in [6.45, 7) is 0.944. The first-order valence-electron chi connectivity index (χ1n) is 7.98. The van der Waals surface area contributed by atoms with Crippen LogP contribution in [0.2, 0.25) is 0 Å². The number of nitrogens with zero attached hydrogens (tertiary/aromatic N) is 2. The lowest BCUT2D eigenvalue weighted by molar-refractivity contribution is -0.141. The maximum Gasteiger partial charge on any atom is 0.308 e. The number of amides is 1. The van der Waals surface area contributed by atoms with Gasteiger partial charge in [0.2, 0.25) is 5.91 Å². The lowest BCUT2D eigenvalue weighted by Gasteiger charge is -2.15. The van der Waals surface area contributed by atoms with Crippen molar-refractivity contribution in [3.05, 3.63) is 29.3 Å². The van der Waals surface area contributed by atoms with Gasteiger partial charge in [0.05, 0.1) is 21.1 Å². The second-order valence-electron chi connectivity index (χ2n) is 5.95. The van der Waals surface area contributed by atoms with Gasteiger partial charge < -0.3 is 10.0 Å². The van der Waals surface area contributed by atoms with Gasteiger partial charge in [0, 0.05) is 19.5 Å². The summed E-state index contributed by atoms with van der Waals surface area (Å²) in [6.07, 6.45) is 3.72. The molecule has 2 aromatic rings. The fourth-order valence-corrected chi connectivity index (χ4v) is 3.93. The Morgan fingerprint density at radius 1 is 1.30 bits per heavy atom. The summed E-state index contributed by atoms with van der Waals surface area (Å²) in [7, 11) is 0. The Morgan fingerprint density at radius 3 is 2.87 bits per heavy atom. The summed E-state index contributed by atoms with van der Waals surface area (Å²) in [5.74, 6) is -1.10. The van der Waals surface area contributed by atoms with Crippen molar-refractivity contribution in [1.82, 2.24) is 9.88 Å². The number of benzene rings is 1. The third-order valence-electron chi connectivity index (χ3n) is 4.26. The van der Waals surface area contributed by atoms with Crippen LogP contribution in [0.1, 0.15) is 30.7 Å². The van der Waals surface area contributed by atoms with Gasteiger partial charge >= 0.3 is 5.97 Å². The van der Waals surface area contributed by atoms with Crippen LogP contribution in [0.15, 0.2) is 24.3 Å². The highest BCUT2D eigenvalue weighted by Gasteiger charge is 2.30. The van der Waals surface area contributed by atoms with Crippen molar-refractivity contribution >= 4 is 33.4 Å². The van der Waals surface area contributed by atoms with Crippen LogP contribution in [0, 0.1) is 5.92 Å². The van der Waals surface area contributed by atoms with Crippen molar-refractivity contribution in [2.75, 3.05) is 13.1 Å². The van der Waals surface area contributed by atoms with Crippen LogP contribution in [0.3, 0.4) is 0 Å². The molecule has 0 bridgehead atoms. The number of hydrogen-bond donors (Lipinski definition) is 1. The lowest BCUT2D eigenvalue weighted by atomic mass is 10.1. The quantitative estimate of drug-likeness (QED) is 0.826. The molecule has 2 heterocycles. The third kappa shape index (κ3) is 3.88. The van der Waals surface area contributed by atoms with Crippen LogP contribution in [-0.2, 0) is 16.0 Å². The number of fused-ring (bicyclic) bond motifs is 1. The Morgan fingerprint density at radius 2 is 2.13 bits per heavy atom. The molecule has 0 aliphatic carbocycles. The molecule has 1 aromatic heterocycles. The monoisotopic (exact) mass is 332 g/mol. The largest absolute Gasteiger partial charge is 0.481 e. The average molecular weight is 332 g/mol. The fourth-order valence-electron chi connectivity index (χ4n) is 2.93. The highest BCUT2D eigenvalue weighted by molar-refractivity contribution is 7.18. The van der Waals surface area contributed by atoms with E-state index in [1.54, 1.807) is 16.2 Å². The van der Waals surface area contributed by atoms with E-state index in [1.165, 1.54) is 4.70 Å². The second kappa shape index (κ2) is 7.08. The zero-order chi connectivity index (χ0) is 16.2. The van der Waals surface area contributed by atoms with Crippen LogP contribution in [0.5, 0.6) is 0 Å². The molecule has 0 spiro atoms. The van der Waals surface area contributed by atoms with Crippen molar-refractivity contribution < 1.29 is 14.7 Å². The first kappa shape index (κ1) is 15.9. The zero-order valence-corrected chi connectivity index (χ0v) is 13.7. The van der Waals surface area contributed by atoms with Gasteiger partial charge in [-0.15, -0.1) is 11.3 Å². The number of hydrogen-bond acceptors (Lipinski definition) is 4. The number of aromatic nitrogens is 1. The summed E-state index contributed by atoms with van der Waals surface area (Å²) < 4.78 is 1.20. The smallest absolute Gasteiger partial charge is 0.308 e. The molecule has 1 aromatic carbocycles. The number of aliphatic carboxylic acids is 1. The number of aryl methyl sites for hydroxylation is 1. The number of carboxylic acid groups (broad SMARTS) is 1. The number of likely N-dealkylation sites (tertiary alicyclic amines) is 1. The van der Waals surface area contributed by atoms with E-state index < -0.39 is 5.97 Å². The Labute approximate surface area is 138 Å². The van der Waals surface area contributed by atoms with Crippen LogP contribution < -0.4 is 0 Å². The number of unbranched alkanes of at least 4 members (excludes halogenated alkanes) is 1. The van der Waals surface area contributed by atoms with Crippen LogP contribution in [0.25, 0.3) is 10.2 Å². The minimum absolute atomic E-state index is 0.0815. The van der Waals surface area contributed by atoms with Crippen molar-refractivity contribution in [2.45, 2.75) is 32.1 Å². The van der Waals surface area contributed by atoms with Crippen LogP contribution >= 0.6 is 11.3 Å². The SMILES string of the molecule is O=C(O)C1CCN(C(=O)CCCCc2nc3ccccc3s2)C1. The molecule has 5 nitrogen and oxygen atoms in total. The van der Waals surface area contributed by atoms with Crippen molar-refractivity contribution in [2.24, 2.45) is 5.92 Å². The molecule has 0 saturated carbocycles. The molecule has 1 atom stereocenters. The zero-order valence-electron chi connectivity index (χ0n) is 12.9. The topological polar surface area (TPSA) is 70.5 Å². The molecule has 23 heavy (non-hydrogen) atoms. The van der Waals surface area contributed by atoms with Crippen molar-refractivity contribution in [3.63, 3.8) is 0 Å². The van der Waals surface area contributed by atoms with Gasteiger partial charge in [-0.05, 0) is 37.8 Å². The first-order valence-corrected chi connectivity index (χ1v) is 8.80. The number of thiazole rings is 1. The summed E-state index contributed by atoms with van der Waals surface area (Å²) in [5.41, 5.74) is 1.04. The number of rotatable bonds is 6. The van der Waals surface area contributed by atoms with Gasteiger partial charge in [0.1, 0.15) is 0 Å². The first-order chi connectivity index (χ1) is 11.1. The molecule has 1 unspecified atom stereocenters. The van der Waals surface area contributed by atoms with Gasteiger partial charge in [-0.1, -0.05) is 12.1 Å². The lowest BCUT2D eigenvalue weighted by Crippen LogP contribution is -2.29. The van der Waals surface area contributed by atoms with Gasteiger partial charge in [0.15, 0.2) is 0 Å². The third-order valence-corrected chi connectivity index (χ3v) is 5.36. The average Bonchev–Trinajstić information content (AvgIpc) is 3.17. The van der Waals surface area contributed by atoms with E-state index in [1.807, 2.05) is 18.2 Å². The van der Waals surface area contributed by atoms with Crippen LogP contribution in [0.4, 0.5) is 0 Å². The molecular weight excluding hydrogens is 312 g/mol. The predicted octanol–water partition coefficient (Wildman–Crippen LogP) is 2.94. The van der Waals surface area contributed by atoms with Crippen molar-refractivity contribution in [3.8, 4) is 0 Å². The summed E-state index contributed by atoms with van der Waals surface area (Å²) in [6, 6.07) is 8.10. The normalized spacial score (nSPS) is 17.7. The van der Waals surface area contributed by atoms with Gasteiger partial charge in [0.25, 0.3) is 0 Å². The number of carbonyl (C=O) groups excluding carboxylic acids is 1. The maximum atomic E-state index is 12.1. The molecule has 0 radical (unpaired) electrons. The Hall–Kier alpha value is -1.95. The second-order valence-corrected chi connectivity index (χ2v) is 7.06. The van der Waals surface area contributed by atoms with Crippen molar-refractivity contribution in [1.29, 1.82) is 0 Å². The molecule has 1 N–H and O–H groups in total. The van der Waals surface area contributed by atoms with Gasteiger partial charge in [-0.25, -0.2) is 4.98 Å². The predicted molar refractivity (Wildman–Crippen MR) is 89.5 cm³/mol.